The zero-order valence-electron chi connectivity index (χ0n) is 16.6. The fourth-order valence-corrected chi connectivity index (χ4v) is 3.99. The zero-order chi connectivity index (χ0) is 21.7. The van der Waals surface area contributed by atoms with E-state index in [4.69, 9.17) is 21.7 Å². The molecule has 8 nitrogen and oxygen atoms in total. The number of amides is 1. The van der Waals surface area contributed by atoms with Crippen LogP contribution < -0.4 is 10.6 Å². The van der Waals surface area contributed by atoms with Gasteiger partial charge in [0.15, 0.2) is 5.11 Å². The predicted molar refractivity (Wildman–Crippen MR) is 116 cm³/mol. The van der Waals surface area contributed by atoms with Crippen LogP contribution in [0.3, 0.4) is 0 Å². The van der Waals surface area contributed by atoms with Crippen molar-refractivity contribution in [1.82, 2.24) is 4.90 Å². The Morgan fingerprint density at radius 2 is 1.66 bits per heavy atom. The third-order valence-electron chi connectivity index (χ3n) is 3.94. The number of esters is 2. The molecule has 0 spiro atoms. The van der Waals surface area contributed by atoms with E-state index in [0.29, 0.717) is 26.7 Å². The molecule has 154 valence electrons. The molecule has 0 unspecified atom stereocenters. The number of nitrogens with one attached hydrogen (secondary N) is 2. The van der Waals surface area contributed by atoms with Crippen molar-refractivity contribution in [2.24, 2.45) is 0 Å². The molecule has 29 heavy (non-hydrogen) atoms. The van der Waals surface area contributed by atoms with Crippen LogP contribution in [-0.4, -0.2) is 56.2 Å². The number of para-hydroxylation sites is 1. The summed E-state index contributed by atoms with van der Waals surface area (Å²) in [6, 6.07) is 6.70. The molecule has 1 heterocycles. The Morgan fingerprint density at radius 1 is 1.03 bits per heavy atom. The van der Waals surface area contributed by atoms with Crippen molar-refractivity contribution in [3.8, 4) is 0 Å². The lowest BCUT2D eigenvalue weighted by atomic mass is 10.1. The standard InChI is InChI=1S/C19H21N3O5S2/c1-10-13(18(25)27-5)15(29-14(10)16(23)22(2)3)21-19(28)20-12-9-7-6-8-11(12)17(24)26-4/h6-9H,1-5H3,(H2,20,21,28). The molecule has 1 aromatic heterocycles. The number of carbonyl (C=O) groups is 3. The highest BCUT2D eigenvalue weighted by Crippen LogP contribution is 2.34. The molecule has 0 aliphatic heterocycles. The first kappa shape index (κ1) is 22.3. The van der Waals surface area contributed by atoms with Crippen LogP contribution in [0.25, 0.3) is 0 Å². The molecule has 1 amide bonds. The minimum Gasteiger partial charge on any atom is -0.465 e. The number of anilines is 2. The van der Waals surface area contributed by atoms with E-state index in [1.807, 2.05) is 0 Å². The van der Waals surface area contributed by atoms with Gasteiger partial charge >= 0.3 is 11.9 Å². The molecule has 0 fully saturated rings. The quantitative estimate of drug-likeness (QED) is 0.546. The van der Waals surface area contributed by atoms with Crippen molar-refractivity contribution in [3.05, 3.63) is 45.8 Å². The third-order valence-corrected chi connectivity index (χ3v) is 5.34. The van der Waals surface area contributed by atoms with Gasteiger partial charge in [-0.3, -0.25) is 4.79 Å². The zero-order valence-corrected chi connectivity index (χ0v) is 18.2. The van der Waals surface area contributed by atoms with E-state index < -0.39 is 11.9 Å². The van der Waals surface area contributed by atoms with E-state index in [9.17, 15) is 14.4 Å². The lowest BCUT2D eigenvalue weighted by Crippen LogP contribution is -2.21. The molecule has 10 heteroatoms. The van der Waals surface area contributed by atoms with Crippen LogP contribution in [0, 0.1) is 6.92 Å². The predicted octanol–water partition coefficient (Wildman–Crippen LogP) is 3.14. The van der Waals surface area contributed by atoms with Gasteiger partial charge in [0.25, 0.3) is 5.91 Å². The molecule has 2 aromatic rings. The Balaban J connectivity index is 2.35. The number of ether oxygens (including phenoxy) is 2. The van der Waals surface area contributed by atoms with Crippen LogP contribution in [0.15, 0.2) is 24.3 Å². The second-order valence-electron chi connectivity index (χ2n) is 6.07. The Hall–Kier alpha value is -2.98. The second-order valence-corrected chi connectivity index (χ2v) is 7.50. The van der Waals surface area contributed by atoms with Gasteiger partial charge in [-0.25, -0.2) is 9.59 Å². The fourth-order valence-electron chi connectivity index (χ4n) is 2.49. The van der Waals surface area contributed by atoms with Gasteiger partial charge in [-0.2, -0.15) is 0 Å². The summed E-state index contributed by atoms with van der Waals surface area (Å²) in [4.78, 5) is 38.4. The Kier molecular flexibility index (Phi) is 7.29. The van der Waals surface area contributed by atoms with E-state index >= 15 is 0 Å². The van der Waals surface area contributed by atoms with Gasteiger partial charge in [0.05, 0.1) is 35.9 Å². The summed E-state index contributed by atoms with van der Waals surface area (Å²) >= 11 is 6.44. The lowest BCUT2D eigenvalue weighted by Gasteiger charge is -2.13. The number of hydrogen-bond donors (Lipinski definition) is 2. The molecule has 0 aliphatic rings. The number of thiophene rings is 1. The maximum atomic E-state index is 12.4. The van der Waals surface area contributed by atoms with Gasteiger partial charge in [0.2, 0.25) is 0 Å². The van der Waals surface area contributed by atoms with Crippen molar-refractivity contribution in [2.75, 3.05) is 38.9 Å². The maximum Gasteiger partial charge on any atom is 0.341 e. The monoisotopic (exact) mass is 435 g/mol. The molecule has 0 saturated carbocycles. The molecule has 0 saturated heterocycles. The molecule has 0 bridgehead atoms. The van der Waals surface area contributed by atoms with Gasteiger partial charge in [-0.1, -0.05) is 12.1 Å². The van der Waals surface area contributed by atoms with Crippen LogP contribution in [0.2, 0.25) is 0 Å². The minimum atomic E-state index is -0.586. The highest BCUT2D eigenvalue weighted by atomic mass is 32.1. The number of carbonyl (C=O) groups excluding carboxylic acids is 3. The first-order valence-corrected chi connectivity index (χ1v) is 9.62. The molecule has 2 rings (SSSR count). The number of hydrogen-bond acceptors (Lipinski definition) is 7. The summed E-state index contributed by atoms with van der Waals surface area (Å²) in [5.74, 6) is -1.34. The van der Waals surface area contributed by atoms with E-state index in [1.54, 1.807) is 45.3 Å². The van der Waals surface area contributed by atoms with Gasteiger partial charge in [-0.05, 0) is 36.8 Å². The average Bonchev–Trinajstić information content (AvgIpc) is 3.01. The van der Waals surface area contributed by atoms with Crippen molar-refractivity contribution in [2.45, 2.75) is 6.92 Å². The van der Waals surface area contributed by atoms with E-state index in [0.717, 1.165) is 11.3 Å². The molecular weight excluding hydrogens is 414 g/mol. The highest BCUT2D eigenvalue weighted by Gasteiger charge is 2.26. The third kappa shape index (κ3) is 4.90. The summed E-state index contributed by atoms with van der Waals surface area (Å²) in [6.45, 7) is 1.67. The van der Waals surface area contributed by atoms with Crippen molar-refractivity contribution in [3.63, 3.8) is 0 Å². The summed E-state index contributed by atoms with van der Waals surface area (Å²) in [6.07, 6.45) is 0. The number of benzene rings is 1. The van der Waals surface area contributed by atoms with Crippen molar-refractivity contribution in [1.29, 1.82) is 0 Å². The number of nitrogens with zero attached hydrogens (tertiary/aromatic N) is 1. The smallest absolute Gasteiger partial charge is 0.341 e. The van der Waals surface area contributed by atoms with Crippen LogP contribution in [0.1, 0.15) is 36.0 Å². The van der Waals surface area contributed by atoms with Crippen molar-refractivity contribution >= 4 is 57.2 Å². The molecule has 2 N–H and O–H groups in total. The summed E-state index contributed by atoms with van der Waals surface area (Å²) in [5.41, 5.74) is 1.47. The second kappa shape index (κ2) is 9.48. The van der Waals surface area contributed by atoms with Crippen LogP contribution >= 0.6 is 23.6 Å². The normalized spacial score (nSPS) is 10.1. The van der Waals surface area contributed by atoms with Crippen LogP contribution in [0.5, 0.6) is 0 Å². The Bertz CT molecular complexity index is 969. The number of methoxy groups -OCH3 is 2. The number of rotatable bonds is 5. The van der Waals surface area contributed by atoms with Gasteiger partial charge in [0.1, 0.15) is 5.00 Å². The maximum absolute atomic E-state index is 12.4. The molecule has 0 aliphatic carbocycles. The SMILES string of the molecule is COC(=O)c1ccccc1NC(=S)Nc1sc(C(=O)N(C)C)c(C)c1C(=O)OC. The topological polar surface area (TPSA) is 97.0 Å². The molecule has 1 aromatic carbocycles. The van der Waals surface area contributed by atoms with Crippen LogP contribution in [0.4, 0.5) is 10.7 Å². The lowest BCUT2D eigenvalue weighted by molar-refractivity contribution is 0.0592. The fraction of sp³-hybridized carbons (Fsp3) is 0.263. The first-order chi connectivity index (χ1) is 13.7. The summed E-state index contributed by atoms with van der Waals surface area (Å²) < 4.78 is 9.62. The van der Waals surface area contributed by atoms with Gasteiger partial charge in [0, 0.05) is 14.1 Å². The van der Waals surface area contributed by atoms with E-state index in [2.05, 4.69) is 10.6 Å². The Labute approximate surface area is 177 Å². The molecular formula is C19H21N3O5S2. The molecule has 0 radical (unpaired) electrons. The summed E-state index contributed by atoms with van der Waals surface area (Å²) in [7, 11) is 5.81. The van der Waals surface area contributed by atoms with Crippen molar-refractivity contribution < 1.29 is 23.9 Å². The average molecular weight is 436 g/mol. The Morgan fingerprint density at radius 3 is 2.24 bits per heavy atom. The first-order valence-electron chi connectivity index (χ1n) is 8.39. The van der Waals surface area contributed by atoms with Crippen LogP contribution in [-0.2, 0) is 9.47 Å². The van der Waals surface area contributed by atoms with Gasteiger partial charge < -0.3 is 25.0 Å². The minimum absolute atomic E-state index is 0.136. The highest BCUT2D eigenvalue weighted by molar-refractivity contribution is 7.80. The summed E-state index contributed by atoms with van der Waals surface area (Å²) in [5, 5.41) is 6.35. The largest absolute Gasteiger partial charge is 0.465 e. The number of thiocarbonyl (C=S) groups is 1. The van der Waals surface area contributed by atoms with E-state index in [-0.39, 0.29) is 16.6 Å². The van der Waals surface area contributed by atoms with E-state index in [1.165, 1.54) is 19.1 Å². The molecule has 0 atom stereocenters. The van der Waals surface area contributed by atoms with Gasteiger partial charge in [-0.15, -0.1) is 11.3 Å².